The molecule has 12 atom stereocenters. The van der Waals surface area contributed by atoms with Gasteiger partial charge in [-0.15, -0.1) is 0 Å². The maximum Gasteiger partial charge on any atom is 0.117 e. The highest BCUT2D eigenvalue weighted by molar-refractivity contribution is 5.74. The molecule has 0 amide bonds. The molecule has 22 aliphatic rings. The van der Waals surface area contributed by atoms with Crippen molar-refractivity contribution in [3.8, 4) is 55.6 Å². The number of benzene rings is 8. The minimum atomic E-state index is -0.391. The van der Waals surface area contributed by atoms with Crippen LogP contribution in [0.1, 0.15) is 133 Å². The summed E-state index contributed by atoms with van der Waals surface area (Å²) in [4.78, 5) is 0. The Morgan fingerprint density at radius 2 is 0.321 bits per heavy atom. The van der Waals surface area contributed by atoms with E-state index in [1.54, 1.807) is 0 Å². The number of nitrogens with zero attached hydrogens (tertiary/aromatic N) is 6. The van der Waals surface area contributed by atoms with Crippen LogP contribution in [-0.4, -0.2) is 0 Å². The van der Waals surface area contributed by atoms with E-state index in [1.165, 1.54) is 147 Å². The first-order chi connectivity index (χ1) is 40.8. The van der Waals surface area contributed by atoms with Crippen molar-refractivity contribution in [1.29, 1.82) is 0 Å². The molecule has 8 aromatic carbocycles. The molecule has 6 heteroatoms. The van der Waals surface area contributed by atoms with Crippen molar-refractivity contribution < 1.29 is 0 Å². The molecule has 19 aliphatic carbocycles. The number of hydrogen-bond acceptors (Lipinski definition) is 6. The third-order valence-corrected chi connectivity index (χ3v) is 26.0. The average molecular weight is 1100 g/mol. The number of azo groups is 3. The second-order valence-corrected chi connectivity index (χ2v) is 29.1. The molecule has 416 valence electrons. The van der Waals surface area contributed by atoms with Gasteiger partial charge < -0.3 is 0 Å². The molecule has 30 rings (SSSR count). The Labute approximate surface area is 495 Å². The monoisotopic (exact) mass is 1090 g/mol. The van der Waals surface area contributed by atoms with Crippen molar-refractivity contribution in [3.05, 3.63) is 228 Å². The van der Waals surface area contributed by atoms with E-state index in [4.69, 9.17) is 30.7 Å². The summed E-state index contributed by atoms with van der Waals surface area (Å²) in [6.45, 7) is 14.8. The van der Waals surface area contributed by atoms with Crippen LogP contribution in [0.25, 0.3) is 55.6 Å². The molecule has 12 unspecified atom stereocenters. The van der Waals surface area contributed by atoms with Gasteiger partial charge in [-0.25, -0.2) is 0 Å². The molecule has 0 N–H and O–H groups in total. The topological polar surface area (TPSA) is 74.2 Å². The Balaban J connectivity index is 0.731. The summed E-state index contributed by atoms with van der Waals surface area (Å²) in [5.41, 5.74) is 17.1. The van der Waals surface area contributed by atoms with Gasteiger partial charge >= 0.3 is 0 Å². The Morgan fingerprint density at radius 1 is 0.202 bits per heavy atom. The fourth-order valence-electron chi connectivity index (χ4n) is 22.2. The molecule has 84 heavy (non-hydrogen) atoms. The first kappa shape index (κ1) is 49.9. The Hall–Kier alpha value is -7.44. The maximum atomic E-state index is 5.51. The molecule has 0 spiro atoms. The molecule has 6 saturated carbocycles. The van der Waals surface area contributed by atoms with Gasteiger partial charge in [0.25, 0.3) is 0 Å². The fraction of sp³-hybridized carbons (Fsp3) is 0.385. The van der Waals surface area contributed by atoms with Gasteiger partial charge in [0.2, 0.25) is 0 Å². The molecule has 22 bridgehead atoms. The Kier molecular flexibility index (Phi) is 9.81. The van der Waals surface area contributed by atoms with Crippen LogP contribution in [0.4, 0.5) is 0 Å². The van der Waals surface area contributed by atoms with Crippen LogP contribution in [0.15, 0.2) is 225 Å². The summed E-state index contributed by atoms with van der Waals surface area (Å²) >= 11 is 0. The van der Waals surface area contributed by atoms with E-state index in [9.17, 15) is 0 Å². The van der Waals surface area contributed by atoms with E-state index in [-0.39, 0.29) is 38.4 Å². The van der Waals surface area contributed by atoms with Crippen LogP contribution >= 0.6 is 0 Å². The lowest BCUT2D eigenvalue weighted by Gasteiger charge is -2.42. The normalized spacial score (nSPS) is 35.3. The minimum absolute atomic E-state index is 0.218. The highest BCUT2D eigenvalue weighted by Crippen LogP contribution is 2.80. The largest absolute Gasteiger partial charge is 0.181 e. The zero-order chi connectivity index (χ0) is 56.4. The summed E-state index contributed by atoms with van der Waals surface area (Å²) in [5.74, 6) is 2.65. The second-order valence-electron chi connectivity index (χ2n) is 29.1. The van der Waals surface area contributed by atoms with Crippen LogP contribution in [0.3, 0.4) is 0 Å². The second kappa shape index (κ2) is 16.5. The van der Waals surface area contributed by atoms with Crippen LogP contribution < -0.4 is 0 Å². The quantitative estimate of drug-likeness (QED) is 0.145. The van der Waals surface area contributed by atoms with Crippen LogP contribution in [0.5, 0.6) is 0 Å². The van der Waals surface area contributed by atoms with E-state index in [0.717, 1.165) is 0 Å². The van der Waals surface area contributed by atoms with Crippen molar-refractivity contribution in [3.63, 3.8) is 0 Å². The summed E-state index contributed by atoms with van der Waals surface area (Å²) < 4.78 is 0. The van der Waals surface area contributed by atoms with Gasteiger partial charge in [0.1, 0.15) is 33.2 Å². The molecular formula is C78H74N6. The third-order valence-electron chi connectivity index (χ3n) is 26.0. The lowest BCUT2D eigenvalue weighted by molar-refractivity contribution is 0.140. The van der Waals surface area contributed by atoms with Gasteiger partial charge in [-0.05, 0) is 163 Å². The van der Waals surface area contributed by atoms with Crippen molar-refractivity contribution in [2.24, 2.45) is 82.4 Å². The smallest absolute Gasteiger partial charge is 0.117 e. The number of hydrogen-bond donors (Lipinski definition) is 0. The first-order valence-electron chi connectivity index (χ1n) is 31.9. The van der Waals surface area contributed by atoms with Gasteiger partial charge in [-0.1, -0.05) is 255 Å². The number of rotatable bonds is 0. The summed E-state index contributed by atoms with van der Waals surface area (Å²) in [6, 6.07) is 75.1. The standard InChI is InChI=1S/C78H74N6/c1-70(2)73-58-36-24-52(25-37-58)48-16-20-50(21-17-48)54-28-40-60(41-29-54)75-66-12-8-14-68(66)77(83-81-75,71(75,3)4)62-44-32-56(33-45-62)57-34-46-63(47-35-57)78-69-15-9-13-67(69)76(82-84-78,72(78,5)6)61-42-30-55(31-43-61)51-22-18-49(19-23-51)53-26-38-59(39-27-53)74(70,80-79-73)65-11-7-10-64(65)73/h16-47,64-69H,7-15H2,1-6H3. The van der Waals surface area contributed by atoms with E-state index < -0.39 is 11.1 Å². The molecule has 8 aromatic rings. The maximum absolute atomic E-state index is 5.51. The molecule has 6 fully saturated rings. The molecule has 6 nitrogen and oxygen atoms in total. The predicted octanol–water partition coefficient (Wildman–Crippen LogP) is 20.4. The lowest BCUT2D eigenvalue weighted by atomic mass is 9.61. The van der Waals surface area contributed by atoms with Gasteiger partial charge in [0.15, 0.2) is 0 Å². The van der Waals surface area contributed by atoms with Crippen molar-refractivity contribution in [2.75, 3.05) is 0 Å². The Morgan fingerprint density at radius 3 is 0.452 bits per heavy atom. The zero-order valence-corrected chi connectivity index (χ0v) is 49.5. The van der Waals surface area contributed by atoms with E-state index >= 15 is 0 Å². The summed E-state index contributed by atoms with van der Waals surface area (Å²) in [7, 11) is 0. The summed E-state index contributed by atoms with van der Waals surface area (Å²) in [6.07, 6.45) is 10.8. The van der Waals surface area contributed by atoms with Crippen molar-refractivity contribution in [1.82, 2.24) is 0 Å². The molecule has 3 aliphatic heterocycles. The molecular weight excluding hydrogens is 1020 g/mol. The highest BCUT2D eigenvalue weighted by atomic mass is 15.3. The summed E-state index contributed by atoms with van der Waals surface area (Å²) in [5, 5.41) is 33.0. The average Bonchev–Trinajstić information content (AvgIpc) is 1.51. The minimum Gasteiger partial charge on any atom is -0.181 e. The molecule has 3 heterocycles. The lowest BCUT2D eigenvalue weighted by Crippen LogP contribution is -2.44. The van der Waals surface area contributed by atoms with Crippen LogP contribution in [0.2, 0.25) is 0 Å². The van der Waals surface area contributed by atoms with Gasteiger partial charge in [0, 0.05) is 16.2 Å². The van der Waals surface area contributed by atoms with Crippen LogP contribution in [-0.2, 0) is 33.2 Å². The predicted molar refractivity (Wildman–Crippen MR) is 335 cm³/mol. The van der Waals surface area contributed by atoms with Gasteiger partial charge in [0.05, 0.1) is 0 Å². The molecule has 0 radical (unpaired) electrons. The SMILES string of the molecule is CC1(C)C23N=NC1(c1ccc(cc1)-c1ccc(cc1)-c1ccc(cc1)C14N=NC(c5ccc(cc5)-c5ccc(cc5)C56N=NC(c7ccc(cc7)-c7ccc(cc7)-c7ccc2cc7)(C2CCCC25)C6(C)C)(C2CCCC21)C4(C)C)C1CCCC13. The van der Waals surface area contributed by atoms with Crippen molar-refractivity contribution in [2.45, 2.75) is 133 Å². The first-order valence-corrected chi connectivity index (χ1v) is 31.9. The number of fused-ring (bicyclic) bond motifs is 3. The zero-order valence-electron chi connectivity index (χ0n) is 49.5. The fourth-order valence-corrected chi connectivity index (χ4v) is 22.2. The van der Waals surface area contributed by atoms with Crippen LogP contribution in [0, 0.1) is 51.8 Å². The van der Waals surface area contributed by atoms with E-state index in [1.807, 2.05) is 0 Å². The van der Waals surface area contributed by atoms with Crippen molar-refractivity contribution >= 4 is 0 Å². The highest BCUT2D eigenvalue weighted by Gasteiger charge is 2.81. The van der Waals surface area contributed by atoms with E-state index in [2.05, 4.69) is 236 Å². The van der Waals surface area contributed by atoms with Gasteiger partial charge in [-0.2, -0.15) is 30.7 Å². The molecule has 0 saturated heterocycles. The molecule has 0 aromatic heterocycles. The van der Waals surface area contributed by atoms with Gasteiger partial charge in [-0.3, -0.25) is 0 Å². The Bertz CT molecular complexity index is 3840. The van der Waals surface area contributed by atoms with E-state index in [0.29, 0.717) is 35.5 Å². The third kappa shape index (κ3) is 5.55.